The van der Waals surface area contributed by atoms with Gasteiger partial charge in [0.05, 0.1) is 10.7 Å². The van der Waals surface area contributed by atoms with Crippen LogP contribution in [0.15, 0.2) is 24.3 Å². The van der Waals surface area contributed by atoms with Crippen molar-refractivity contribution in [3.8, 4) is 0 Å². The van der Waals surface area contributed by atoms with Gasteiger partial charge in [0, 0.05) is 6.54 Å². The van der Waals surface area contributed by atoms with E-state index < -0.39 is 12.0 Å². The van der Waals surface area contributed by atoms with Crippen LogP contribution >= 0.6 is 11.6 Å². The fraction of sp³-hybridized carbons (Fsp3) is 0.462. The van der Waals surface area contributed by atoms with Gasteiger partial charge < -0.3 is 10.0 Å². The van der Waals surface area contributed by atoms with Gasteiger partial charge in [-0.3, -0.25) is 0 Å². The Labute approximate surface area is 107 Å². The van der Waals surface area contributed by atoms with Crippen LogP contribution in [-0.2, 0) is 4.79 Å². The molecule has 0 amide bonds. The van der Waals surface area contributed by atoms with Gasteiger partial charge in [0.2, 0.25) is 0 Å². The quantitative estimate of drug-likeness (QED) is 0.847. The van der Waals surface area contributed by atoms with Gasteiger partial charge in [0.15, 0.2) is 0 Å². The summed E-state index contributed by atoms with van der Waals surface area (Å²) in [6.07, 6.45) is 1.44. The number of carboxylic acids is 1. The topological polar surface area (TPSA) is 40.5 Å². The van der Waals surface area contributed by atoms with E-state index in [0.29, 0.717) is 18.0 Å². The van der Waals surface area contributed by atoms with Crippen LogP contribution in [-0.4, -0.2) is 23.7 Å². The standard InChI is InChI=1S/C13H18ClNO2/c1-3-9-15(11(4-2)13(16)17)12-8-6-5-7-10(12)14/h5-8,11H,3-4,9H2,1-2H3,(H,16,17)/t11-/m1/s1. The van der Waals surface area contributed by atoms with E-state index in [1.165, 1.54) is 0 Å². The lowest BCUT2D eigenvalue weighted by atomic mass is 10.1. The number of anilines is 1. The smallest absolute Gasteiger partial charge is 0.326 e. The molecule has 94 valence electrons. The SMILES string of the molecule is CCCN(c1ccccc1Cl)[C@H](CC)C(=O)O. The first-order valence-corrected chi connectivity index (χ1v) is 6.23. The number of hydrogen-bond acceptors (Lipinski definition) is 2. The summed E-state index contributed by atoms with van der Waals surface area (Å²) in [4.78, 5) is 13.1. The fourth-order valence-electron chi connectivity index (χ4n) is 1.90. The average Bonchev–Trinajstić information content (AvgIpc) is 2.29. The first kappa shape index (κ1) is 13.8. The Bertz CT molecular complexity index is 381. The van der Waals surface area contributed by atoms with E-state index in [9.17, 15) is 9.90 Å². The van der Waals surface area contributed by atoms with Gasteiger partial charge in [-0.05, 0) is 25.0 Å². The molecule has 4 heteroatoms. The van der Waals surface area contributed by atoms with Crippen LogP contribution < -0.4 is 4.90 Å². The number of carboxylic acid groups (broad SMARTS) is 1. The number of carbonyl (C=O) groups is 1. The molecule has 0 saturated carbocycles. The van der Waals surface area contributed by atoms with Crippen molar-refractivity contribution in [3.63, 3.8) is 0 Å². The van der Waals surface area contributed by atoms with Gasteiger partial charge in [-0.25, -0.2) is 4.79 Å². The Morgan fingerprint density at radius 3 is 2.53 bits per heavy atom. The molecular weight excluding hydrogens is 238 g/mol. The molecule has 0 unspecified atom stereocenters. The zero-order chi connectivity index (χ0) is 12.8. The number of halogens is 1. The molecule has 0 heterocycles. The van der Waals surface area contributed by atoms with Crippen molar-refractivity contribution < 1.29 is 9.90 Å². The molecule has 0 aliphatic rings. The third kappa shape index (κ3) is 3.37. The van der Waals surface area contributed by atoms with Crippen molar-refractivity contribution >= 4 is 23.3 Å². The van der Waals surface area contributed by atoms with Crippen LogP contribution in [0, 0.1) is 0 Å². The summed E-state index contributed by atoms with van der Waals surface area (Å²) in [7, 11) is 0. The predicted octanol–water partition coefficient (Wildman–Crippen LogP) is 3.42. The largest absolute Gasteiger partial charge is 0.480 e. The van der Waals surface area contributed by atoms with Crippen LogP contribution in [0.3, 0.4) is 0 Å². The molecular formula is C13H18ClNO2. The summed E-state index contributed by atoms with van der Waals surface area (Å²) in [6.45, 7) is 4.59. The van der Waals surface area contributed by atoms with E-state index in [-0.39, 0.29) is 0 Å². The predicted molar refractivity (Wildman–Crippen MR) is 70.8 cm³/mol. The van der Waals surface area contributed by atoms with Gasteiger partial charge in [-0.1, -0.05) is 37.6 Å². The molecule has 1 aromatic carbocycles. The second-order valence-electron chi connectivity index (χ2n) is 3.91. The summed E-state index contributed by atoms with van der Waals surface area (Å²) in [6, 6.07) is 6.85. The Kier molecular flexibility index (Phi) is 5.29. The molecule has 0 aromatic heterocycles. The minimum absolute atomic E-state index is 0.519. The molecule has 0 spiro atoms. The molecule has 0 fully saturated rings. The normalized spacial score (nSPS) is 12.2. The van der Waals surface area contributed by atoms with E-state index >= 15 is 0 Å². The summed E-state index contributed by atoms with van der Waals surface area (Å²) in [5.74, 6) is -0.805. The average molecular weight is 256 g/mol. The van der Waals surface area contributed by atoms with Crippen molar-refractivity contribution in [2.24, 2.45) is 0 Å². The highest BCUT2D eigenvalue weighted by Crippen LogP contribution is 2.27. The van der Waals surface area contributed by atoms with Gasteiger partial charge >= 0.3 is 5.97 Å². The number of rotatable bonds is 6. The summed E-state index contributed by atoms with van der Waals surface area (Å²) in [5, 5.41) is 9.84. The zero-order valence-corrected chi connectivity index (χ0v) is 10.9. The van der Waals surface area contributed by atoms with E-state index in [1.54, 1.807) is 6.07 Å². The van der Waals surface area contributed by atoms with Crippen molar-refractivity contribution in [2.45, 2.75) is 32.7 Å². The molecule has 0 saturated heterocycles. The third-order valence-electron chi connectivity index (χ3n) is 2.67. The molecule has 0 aliphatic heterocycles. The van der Waals surface area contributed by atoms with Crippen LogP contribution in [0.5, 0.6) is 0 Å². The molecule has 1 atom stereocenters. The highest BCUT2D eigenvalue weighted by molar-refractivity contribution is 6.33. The number of hydrogen-bond donors (Lipinski definition) is 1. The van der Waals surface area contributed by atoms with E-state index in [1.807, 2.05) is 36.9 Å². The Morgan fingerprint density at radius 2 is 2.06 bits per heavy atom. The second-order valence-corrected chi connectivity index (χ2v) is 4.31. The molecule has 1 aromatic rings. The molecule has 0 radical (unpaired) electrons. The molecule has 0 bridgehead atoms. The van der Waals surface area contributed by atoms with Crippen molar-refractivity contribution in [2.75, 3.05) is 11.4 Å². The lowest BCUT2D eigenvalue weighted by molar-refractivity contribution is -0.138. The van der Waals surface area contributed by atoms with Gasteiger partial charge in [0.1, 0.15) is 6.04 Å². The summed E-state index contributed by atoms with van der Waals surface area (Å²) in [5.41, 5.74) is 0.797. The second kappa shape index (κ2) is 6.50. The maximum atomic E-state index is 11.2. The Hall–Kier alpha value is -1.22. The maximum Gasteiger partial charge on any atom is 0.326 e. The molecule has 0 aliphatic carbocycles. The molecule has 17 heavy (non-hydrogen) atoms. The Balaban J connectivity index is 3.08. The minimum atomic E-state index is -0.805. The summed E-state index contributed by atoms with van der Waals surface area (Å²) < 4.78 is 0. The first-order valence-electron chi connectivity index (χ1n) is 5.85. The van der Waals surface area contributed by atoms with Crippen molar-refractivity contribution in [1.29, 1.82) is 0 Å². The van der Waals surface area contributed by atoms with Crippen LogP contribution in [0.2, 0.25) is 5.02 Å². The van der Waals surface area contributed by atoms with E-state index in [2.05, 4.69) is 0 Å². The lowest BCUT2D eigenvalue weighted by Crippen LogP contribution is -2.41. The van der Waals surface area contributed by atoms with Gasteiger partial charge in [-0.15, -0.1) is 0 Å². The van der Waals surface area contributed by atoms with E-state index in [0.717, 1.165) is 12.1 Å². The highest BCUT2D eigenvalue weighted by Gasteiger charge is 2.24. The first-order chi connectivity index (χ1) is 8.11. The molecule has 1 rings (SSSR count). The number of nitrogens with zero attached hydrogens (tertiary/aromatic N) is 1. The van der Waals surface area contributed by atoms with Crippen molar-refractivity contribution in [3.05, 3.63) is 29.3 Å². The van der Waals surface area contributed by atoms with Gasteiger partial charge in [-0.2, -0.15) is 0 Å². The third-order valence-corrected chi connectivity index (χ3v) is 2.99. The Morgan fingerprint density at radius 1 is 1.41 bits per heavy atom. The van der Waals surface area contributed by atoms with Gasteiger partial charge in [0.25, 0.3) is 0 Å². The zero-order valence-electron chi connectivity index (χ0n) is 10.2. The number of aliphatic carboxylic acids is 1. The lowest BCUT2D eigenvalue weighted by Gasteiger charge is -2.30. The highest BCUT2D eigenvalue weighted by atomic mass is 35.5. The number of para-hydroxylation sites is 1. The molecule has 1 N–H and O–H groups in total. The maximum absolute atomic E-state index is 11.2. The monoisotopic (exact) mass is 255 g/mol. The fourth-order valence-corrected chi connectivity index (χ4v) is 2.14. The summed E-state index contributed by atoms with van der Waals surface area (Å²) >= 11 is 6.13. The van der Waals surface area contributed by atoms with Crippen molar-refractivity contribution in [1.82, 2.24) is 0 Å². The van der Waals surface area contributed by atoms with E-state index in [4.69, 9.17) is 11.6 Å². The van der Waals surface area contributed by atoms with Crippen LogP contribution in [0.4, 0.5) is 5.69 Å². The number of benzene rings is 1. The van der Waals surface area contributed by atoms with Crippen LogP contribution in [0.25, 0.3) is 0 Å². The van der Waals surface area contributed by atoms with Crippen LogP contribution in [0.1, 0.15) is 26.7 Å². The molecule has 3 nitrogen and oxygen atoms in total. The minimum Gasteiger partial charge on any atom is -0.480 e.